The first-order chi connectivity index (χ1) is 4.93. The van der Waals surface area contributed by atoms with Crippen LogP contribution in [-0.4, -0.2) is 6.29 Å². The molecule has 1 aliphatic rings. The first-order valence-corrected chi connectivity index (χ1v) is 3.70. The number of rotatable bonds is 2. The average Bonchev–Trinajstić information content (AvgIpc) is 2.03. The molecule has 1 atom stereocenters. The Kier molecular flexibility index (Phi) is 2.94. The van der Waals surface area contributed by atoms with Crippen LogP contribution < -0.4 is 0 Å². The van der Waals surface area contributed by atoms with E-state index < -0.39 is 0 Å². The predicted molar refractivity (Wildman–Crippen MR) is 41.7 cm³/mol. The Balaban J connectivity index is 2.34. The zero-order valence-electron chi connectivity index (χ0n) is 5.99. The van der Waals surface area contributed by atoms with Gasteiger partial charge in [-0.2, -0.15) is 0 Å². The molecule has 0 N–H and O–H groups in total. The Labute approximate surface area is 61.4 Å². The number of hydrogen-bond acceptors (Lipinski definition) is 1. The molecule has 0 aromatic carbocycles. The molecule has 0 saturated heterocycles. The highest BCUT2D eigenvalue weighted by molar-refractivity contribution is 5.64. The van der Waals surface area contributed by atoms with E-state index in [0.717, 1.165) is 19.1 Å². The van der Waals surface area contributed by atoms with Crippen LogP contribution in [0.5, 0.6) is 0 Å². The molecule has 0 spiro atoms. The van der Waals surface area contributed by atoms with Crippen molar-refractivity contribution in [1.82, 2.24) is 0 Å². The molecular weight excluding hydrogens is 124 g/mol. The van der Waals surface area contributed by atoms with E-state index in [0.29, 0.717) is 5.92 Å². The normalized spacial score (nSPS) is 25.4. The van der Waals surface area contributed by atoms with E-state index in [1.54, 1.807) is 6.08 Å². The Morgan fingerprint density at radius 2 is 2.30 bits per heavy atom. The van der Waals surface area contributed by atoms with Gasteiger partial charge in [-0.3, -0.25) is 4.79 Å². The molecule has 1 rings (SSSR count). The Hall–Kier alpha value is -0.850. The van der Waals surface area contributed by atoms with E-state index in [1.165, 1.54) is 6.42 Å². The maximum Gasteiger partial charge on any atom is 0.142 e. The van der Waals surface area contributed by atoms with Crippen LogP contribution in [0.1, 0.15) is 19.3 Å². The highest BCUT2D eigenvalue weighted by Gasteiger charge is 2.04. The third-order valence-electron chi connectivity index (χ3n) is 1.77. The lowest BCUT2D eigenvalue weighted by Crippen LogP contribution is -1.97. The number of hydrogen-bond donors (Lipinski definition) is 0. The molecule has 0 amide bonds. The van der Waals surface area contributed by atoms with Crippen molar-refractivity contribution < 1.29 is 4.79 Å². The van der Waals surface area contributed by atoms with Gasteiger partial charge in [0.1, 0.15) is 6.29 Å². The molecule has 0 radical (unpaired) electrons. The van der Waals surface area contributed by atoms with Crippen molar-refractivity contribution in [2.75, 3.05) is 0 Å². The topological polar surface area (TPSA) is 17.1 Å². The van der Waals surface area contributed by atoms with Gasteiger partial charge in [-0.1, -0.05) is 18.2 Å². The van der Waals surface area contributed by atoms with Gasteiger partial charge in [-0.25, -0.2) is 0 Å². The smallest absolute Gasteiger partial charge is 0.142 e. The molecule has 1 nitrogen and oxygen atoms in total. The largest absolute Gasteiger partial charge is 0.299 e. The fraction of sp³-hybridized carbons (Fsp3) is 0.444. The number of aldehydes is 1. The molecule has 1 aliphatic carbocycles. The molecular formula is C9H12O. The number of allylic oxidation sites excluding steroid dienone is 4. The minimum Gasteiger partial charge on any atom is -0.299 e. The van der Waals surface area contributed by atoms with Crippen LogP contribution in [-0.2, 0) is 4.79 Å². The van der Waals surface area contributed by atoms with Crippen molar-refractivity contribution in [1.29, 1.82) is 0 Å². The van der Waals surface area contributed by atoms with E-state index in [1.807, 2.05) is 6.08 Å². The molecule has 0 aliphatic heterocycles. The molecule has 0 fully saturated rings. The van der Waals surface area contributed by atoms with Gasteiger partial charge < -0.3 is 0 Å². The van der Waals surface area contributed by atoms with E-state index in [9.17, 15) is 4.79 Å². The molecule has 1 unspecified atom stereocenters. The van der Waals surface area contributed by atoms with Gasteiger partial charge in [0.2, 0.25) is 0 Å². The Bertz CT molecular complexity index is 156. The summed E-state index contributed by atoms with van der Waals surface area (Å²) in [6, 6.07) is 0. The summed E-state index contributed by atoms with van der Waals surface area (Å²) < 4.78 is 0. The maximum atomic E-state index is 9.94. The number of carbonyl (C=O) groups excluding carboxylic acids is 1. The molecule has 0 bridgehead atoms. The second-order valence-electron chi connectivity index (χ2n) is 2.57. The summed E-state index contributed by atoms with van der Waals surface area (Å²) >= 11 is 0. The summed E-state index contributed by atoms with van der Waals surface area (Å²) in [6.45, 7) is 0. The lowest BCUT2D eigenvalue weighted by molar-refractivity contribution is -0.104. The van der Waals surface area contributed by atoms with Crippen LogP contribution in [0.2, 0.25) is 0 Å². The van der Waals surface area contributed by atoms with Gasteiger partial charge in [-0.15, -0.1) is 0 Å². The number of carbonyl (C=O) groups is 1. The van der Waals surface area contributed by atoms with Gasteiger partial charge >= 0.3 is 0 Å². The van der Waals surface area contributed by atoms with Crippen LogP contribution >= 0.6 is 0 Å². The molecule has 0 aromatic rings. The molecule has 0 aromatic heterocycles. The zero-order valence-corrected chi connectivity index (χ0v) is 5.99. The molecule has 54 valence electrons. The van der Waals surface area contributed by atoms with Crippen LogP contribution in [0, 0.1) is 5.92 Å². The molecule has 1 heteroatoms. The minimum atomic E-state index is 0.607. The second kappa shape index (κ2) is 4.04. The summed E-state index contributed by atoms with van der Waals surface area (Å²) in [4.78, 5) is 9.94. The quantitative estimate of drug-likeness (QED) is 0.323. The molecule has 0 saturated carbocycles. The van der Waals surface area contributed by atoms with Crippen LogP contribution in [0.15, 0.2) is 24.3 Å². The summed E-state index contributed by atoms with van der Waals surface area (Å²) in [7, 11) is 0. The van der Waals surface area contributed by atoms with Crippen molar-refractivity contribution in [2.24, 2.45) is 5.92 Å². The van der Waals surface area contributed by atoms with E-state index in [-0.39, 0.29) is 0 Å². The summed E-state index contributed by atoms with van der Waals surface area (Å²) in [5.41, 5.74) is 0. The van der Waals surface area contributed by atoms with Gasteiger partial charge in [0.05, 0.1) is 0 Å². The highest BCUT2D eigenvalue weighted by atomic mass is 16.1. The van der Waals surface area contributed by atoms with Crippen LogP contribution in [0.4, 0.5) is 0 Å². The van der Waals surface area contributed by atoms with Crippen molar-refractivity contribution in [3.05, 3.63) is 24.3 Å². The first kappa shape index (κ1) is 7.26. The van der Waals surface area contributed by atoms with Crippen molar-refractivity contribution in [2.45, 2.75) is 19.3 Å². The van der Waals surface area contributed by atoms with Crippen LogP contribution in [0.3, 0.4) is 0 Å². The zero-order chi connectivity index (χ0) is 7.23. The predicted octanol–water partition coefficient (Wildman–Crippen LogP) is 2.10. The van der Waals surface area contributed by atoms with Gasteiger partial charge in [0.15, 0.2) is 0 Å². The summed E-state index contributed by atoms with van der Waals surface area (Å²) in [6.07, 6.45) is 12.3. The van der Waals surface area contributed by atoms with Crippen molar-refractivity contribution in [3.8, 4) is 0 Å². The van der Waals surface area contributed by atoms with Crippen molar-refractivity contribution >= 4 is 6.29 Å². The third kappa shape index (κ3) is 2.18. The minimum absolute atomic E-state index is 0.607. The van der Waals surface area contributed by atoms with E-state index in [2.05, 4.69) is 12.2 Å². The fourth-order valence-corrected chi connectivity index (χ4v) is 1.19. The Morgan fingerprint density at radius 1 is 1.40 bits per heavy atom. The molecule has 10 heavy (non-hydrogen) atoms. The fourth-order valence-electron chi connectivity index (χ4n) is 1.19. The van der Waals surface area contributed by atoms with Gasteiger partial charge in [-0.05, 0) is 31.3 Å². The second-order valence-corrected chi connectivity index (χ2v) is 2.57. The van der Waals surface area contributed by atoms with Crippen LogP contribution in [0.25, 0.3) is 0 Å². The monoisotopic (exact) mass is 136 g/mol. The highest BCUT2D eigenvalue weighted by Crippen LogP contribution is 2.18. The average molecular weight is 136 g/mol. The standard InChI is InChI=1S/C9H12O/c10-8-4-7-9-5-2-1-3-6-9/h1-2,4,7-9H,3,5-6H2/b7-4+. The first-order valence-electron chi connectivity index (χ1n) is 3.70. The van der Waals surface area contributed by atoms with E-state index >= 15 is 0 Å². The lowest BCUT2D eigenvalue weighted by Gasteiger charge is -2.11. The summed E-state index contributed by atoms with van der Waals surface area (Å²) in [5.74, 6) is 0.607. The van der Waals surface area contributed by atoms with Crippen molar-refractivity contribution in [3.63, 3.8) is 0 Å². The van der Waals surface area contributed by atoms with Gasteiger partial charge in [0.25, 0.3) is 0 Å². The maximum absolute atomic E-state index is 9.94. The third-order valence-corrected chi connectivity index (χ3v) is 1.77. The SMILES string of the molecule is O=C/C=C/C1CC=CCC1. The van der Waals surface area contributed by atoms with Gasteiger partial charge in [0, 0.05) is 0 Å². The van der Waals surface area contributed by atoms with E-state index in [4.69, 9.17) is 0 Å². The lowest BCUT2D eigenvalue weighted by atomic mass is 9.94. The Morgan fingerprint density at radius 3 is 2.90 bits per heavy atom. The molecule has 0 heterocycles. The summed E-state index contributed by atoms with van der Waals surface area (Å²) in [5, 5.41) is 0.